The van der Waals surface area contributed by atoms with Crippen LogP contribution < -0.4 is 5.73 Å². The zero-order valence-electron chi connectivity index (χ0n) is 8.19. The second-order valence-electron chi connectivity index (χ2n) is 3.03. The van der Waals surface area contributed by atoms with E-state index >= 15 is 0 Å². The highest BCUT2D eigenvalue weighted by Gasteiger charge is 2.10. The molecule has 74 valence electrons. The molecule has 1 amide bonds. The average Bonchev–Trinajstić information content (AvgIpc) is 2.62. The van der Waals surface area contributed by atoms with E-state index in [0.29, 0.717) is 11.1 Å². The van der Waals surface area contributed by atoms with Gasteiger partial charge in [0.25, 0.3) is 5.91 Å². The van der Waals surface area contributed by atoms with Crippen molar-refractivity contribution in [2.75, 3.05) is 0 Å². The van der Waals surface area contributed by atoms with E-state index < -0.39 is 5.91 Å². The molecule has 2 aromatic rings. The largest absolute Gasteiger partial charge is 0.366 e. The van der Waals surface area contributed by atoms with Crippen LogP contribution in [0.1, 0.15) is 17.3 Å². The van der Waals surface area contributed by atoms with Crippen LogP contribution in [0.5, 0.6) is 0 Å². The molecule has 15 heavy (non-hydrogen) atoms. The average molecular weight is 199 g/mol. The number of benzene rings is 1. The van der Waals surface area contributed by atoms with Gasteiger partial charge in [0, 0.05) is 11.4 Å². The lowest BCUT2D eigenvalue weighted by Gasteiger charge is -1.99. The third kappa shape index (κ3) is 1.44. The van der Waals surface area contributed by atoms with Crippen LogP contribution in [0.3, 0.4) is 0 Å². The third-order valence-corrected chi connectivity index (χ3v) is 2.07. The molecule has 0 bridgehead atoms. The first kappa shape index (κ1) is 9.28. The SMILES string of the molecule is CC#Cn1ncc2cccc(C(N)=O)c21. The fourth-order valence-electron chi connectivity index (χ4n) is 1.47. The lowest BCUT2D eigenvalue weighted by atomic mass is 10.1. The number of carbonyl (C=O) groups excluding carboxylic acids is 1. The maximum absolute atomic E-state index is 11.2. The summed E-state index contributed by atoms with van der Waals surface area (Å²) >= 11 is 0. The van der Waals surface area contributed by atoms with Crippen molar-refractivity contribution in [2.24, 2.45) is 5.73 Å². The van der Waals surface area contributed by atoms with Crippen LogP contribution in [0.2, 0.25) is 0 Å². The molecule has 0 saturated carbocycles. The van der Waals surface area contributed by atoms with Crippen LogP contribution >= 0.6 is 0 Å². The predicted molar refractivity (Wildman–Crippen MR) is 57.1 cm³/mol. The van der Waals surface area contributed by atoms with E-state index in [4.69, 9.17) is 5.73 Å². The van der Waals surface area contributed by atoms with Crippen molar-refractivity contribution in [2.45, 2.75) is 6.92 Å². The molecule has 0 saturated heterocycles. The molecule has 0 unspecified atom stereocenters. The minimum Gasteiger partial charge on any atom is -0.366 e. The van der Waals surface area contributed by atoms with Crippen LogP contribution in [0.15, 0.2) is 24.4 Å². The molecule has 2 N–H and O–H groups in total. The van der Waals surface area contributed by atoms with Gasteiger partial charge < -0.3 is 5.73 Å². The first-order valence-corrected chi connectivity index (χ1v) is 4.43. The summed E-state index contributed by atoms with van der Waals surface area (Å²) in [5, 5.41) is 4.92. The van der Waals surface area contributed by atoms with Gasteiger partial charge in [-0.25, -0.2) is 0 Å². The topological polar surface area (TPSA) is 60.9 Å². The molecule has 0 atom stereocenters. The van der Waals surface area contributed by atoms with Crippen molar-refractivity contribution in [1.82, 2.24) is 9.78 Å². The molecule has 0 aliphatic heterocycles. The standard InChI is InChI=1S/C11H9N3O/c1-2-6-14-10-8(7-13-14)4-3-5-9(10)11(12)15/h3-5,7H,1H3,(H2,12,15). The maximum Gasteiger partial charge on any atom is 0.250 e. The van der Waals surface area contributed by atoms with Gasteiger partial charge in [0.15, 0.2) is 0 Å². The van der Waals surface area contributed by atoms with Gasteiger partial charge in [-0.3, -0.25) is 4.79 Å². The van der Waals surface area contributed by atoms with Crippen molar-refractivity contribution in [3.63, 3.8) is 0 Å². The lowest BCUT2D eigenvalue weighted by Crippen LogP contribution is -2.12. The van der Waals surface area contributed by atoms with Gasteiger partial charge in [0.2, 0.25) is 0 Å². The molecule has 1 heterocycles. The van der Waals surface area contributed by atoms with Gasteiger partial charge >= 0.3 is 0 Å². The van der Waals surface area contributed by atoms with E-state index in [1.165, 1.54) is 4.68 Å². The molecular formula is C11H9N3O. The molecule has 2 rings (SSSR count). The smallest absolute Gasteiger partial charge is 0.250 e. The highest BCUT2D eigenvalue weighted by atomic mass is 16.1. The van der Waals surface area contributed by atoms with E-state index in [9.17, 15) is 4.79 Å². The highest BCUT2D eigenvalue weighted by Crippen LogP contribution is 2.17. The number of fused-ring (bicyclic) bond motifs is 1. The van der Waals surface area contributed by atoms with Crippen molar-refractivity contribution in [3.05, 3.63) is 30.0 Å². The van der Waals surface area contributed by atoms with Crippen LogP contribution in [-0.4, -0.2) is 15.7 Å². The summed E-state index contributed by atoms with van der Waals surface area (Å²) in [6.45, 7) is 1.71. The van der Waals surface area contributed by atoms with Gasteiger partial charge in [-0.05, 0) is 13.0 Å². The van der Waals surface area contributed by atoms with Crippen LogP contribution in [0.4, 0.5) is 0 Å². The zero-order chi connectivity index (χ0) is 10.8. The summed E-state index contributed by atoms with van der Waals surface area (Å²) in [5.74, 6) is 2.25. The molecular weight excluding hydrogens is 190 g/mol. The summed E-state index contributed by atoms with van der Waals surface area (Å²) in [6.07, 6.45) is 1.66. The number of nitrogens with two attached hydrogens (primary N) is 1. The Labute approximate surface area is 86.7 Å². The Morgan fingerprint density at radius 3 is 3.00 bits per heavy atom. The number of hydrogen-bond acceptors (Lipinski definition) is 2. The number of hydrogen-bond donors (Lipinski definition) is 1. The third-order valence-electron chi connectivity index (χ3n) is 2.07. The zero-order valence-corrected chi connectivity index (χ0v) is 8.19. The molecule has 0 spiro atoms. The predicted octanol–water partition coefficient (Wildman–Crippen LogP) is 0.964. The fraction of sp³-hybridized carbons (Fsp3) is 0.0909. The number of para-hydroxylation sites is 1. The van der Waals surface area contributed by atoms with E-state index in [0.717, 1.165) is 5.39 Å². The van der Waals surface area contributed by atoms with Crippen molar-refractivity contribution < 1.29 is 4.79 Å². The lowest BCUT2D eigenvalue weighted by molar-refractivity contribution is 0.100. The maximum atomic E-state index is 11.2. The summed E-state index contributed by atoms with van der Waals surface area (Å²) in [4.78, 5) is 11.2. The number of rotatable bonds is 1. The molecule has 0 radical (unpaired) electrons. The van der Waals surface area contributed by atoms with E-state index in [1.807, 2.05) is 6.07 Å². The Morgan fingerprint density at radius 2 is 2.33 bits per heavy atom. The Balaban J connectivity index is 2.84. The van der Waals surface area contributed by atoms with E-state index in [-0.39, 0.29) is 0 Å². The Bertz CT molecular complexity index is 587. The van der Waals surface area contributed by atoms with Crippen molar-refractivity contribution in [1.29, 1.82) is 0 Å². The quantitative estimate of drug-likeness (QED) is 0.695. The molecule has 1 aromatic heterocycles. The Hall–Kier alpha value is -2.28. The van der Waals surface area contributed by atoms with Crippen molar-refractivity contribution in [3.8, 4) is 12.0 Å². The number of primary amides is 1. The van der Waals surface area contributed by atoms with Crippen LogP contribution in [0.25, 0.3) is 10.9 Å². The highest BCUT2D eigenvalue weighted by molar-refractivity contribution is 6.05. The fourth-order valence-corrected chi connectivity index (χ4v) is 1.47. The van der Waals surface area contributed by atoms with Gasteiger partial charge in [-0.1, -0.05) is 18.1 Å². The molecule has 0 aliphatic rings. The summed E-state index contributed by atoms with van der Waals surface area (Å²) in [5.41, 5.74) is 6.38. The first-order chi connectivity index (χ1) is 7.24. The van der Waals surface area contributed by atoms with Crippen LogP contribution in [0, 0.1) is 12.0 Å². The normalized spacial score (nSPS) is 9.67. The molecule has 1 aromatic carbocycles. The van der Waals surface area contributed by atoms with E-state index in [2.05, 4.69) is 17.1 Å². The second-order valence-corrected chi connectivity index (χ2v) is 3.03. The molecule has 0 fully saturated rings. The minimum absolute atomic E-state index is 0.438. The molecule has 4 heteroatoms. The van der Waals surface area contributed by atoms with Crippen molar-refractivity contribution >= 4 is 16.8 Å². The van der Waals surface area contributed by atoms with Gasteiger partial charge in [0.05, 0.1) is 17.3 Å². The van der Waals surface area contributed by atoms with Gasteiger partial charge in [-0.2, -0.15) is 9.78 Å². The van der Waals surface area contributed by atoms with Crippen LogP contribution in [-0.2, 0) is 0 Å². The Kier molecular flexibility index (Phi) is 2.14. The van der Waals surface area contributed by atoms with E-state index in [1.54, 1.807) is 25.3 Å². The minimum atomic E-state index is -0.472. The first-order valence-electron chi connectivity index (χ1n) is 4.43. The molecule has 4 nitrogen and oxygen atoms in total. The number of nitrogens with zero attached hydrogens (tertiary/aromatic N) is 2. The number of aromatic nitrogens is 2. The van der Waals surface area contributed by atoms with Gasteiger partial charge in [0.1, 0.15) is 0 Å². The molecule has 0 aliphatic carbocycles. The Morgan fingerprint density at radius 1 is 1.53 bits per heavy atom. The number of amides is 1. The summed E-state index contributed by atoms with van der Waals surface area (Å²) in [7, 11) is 0. The second kappa shape index (κ2) is 3.46. The number of carbonyl (C=O) groups is 1. The summed E-state index contributed by atoms with van der Waals surface area (Å²) < 4.78 is 1.47. The summed E-state index contributed by atoms with van der Waals surface area (Å²) in [6, 6.07) is 8.08. The monoisotopic (exact) mass is 199 g/mol. The van der Waals surface area contributed by atoms with Gasteiger partial charge in [-0.15, -0.1) is 0 Å².